The predicted molar refractivity (Wildman–Crippen MR) is 69.4 cm³/mol. The van der Waals surface area contributed by atoms with Gasteiger partial charge in [-0.15, -0.1) is 0 Å². The Morgan fingerprint density at radius 3 is 2.58 bits per heavy atom. The van der Waals surface area contributed by atoms with Crippen LogP contribution in [0.4, 0.5) is 13.2 Å². The lowest BCUT2D eigenvalue weighted by Gasteiger charge is -2.18. The van der Waals surface area contributed by atoms with E-state index in [1.54, 1.807) is 0 Å². The van der Waals surface area contributed by atoms with Crippen LogP contribution in [-0.2, 0) is 6.42 Å². The molecular formula is C15H20F3N. The average molecular weight is 271 g/mol. The van der Waals surface area contributed by atoms with Crippen LogP contribution in [0.15, 0.2) is 12.1 Å². The quantitative estimate of drug-likeness (QED) is 0.743. The van der Waals surface area contributed by atoms with E-state index < -0.39 is 17.5 Å². The smallest absolute Gasteiger partial charge is 0.194 e. The Kier molecular flexibility index (Phi) is 4.86. The molecule has 106 valence electrons. The summed E-state index contributed by atoms with van der Waals surface area (Å²) in [6, 6.07) is 2.71. The molecule has 1 nitrogen and oxygen atoms in total. The van der Waals surface area contributed by atoms with Gasteiger partial charge in [0.05, 0.1) is 0 Å². The number of hydrogen-bond acceptors (Lipinski definition) is 1. The molecule has 1 aromatic carbocycles. The molecule has 1 N–H and O–H groups in total. The van der Waals surface area contributed by atoms with Gasteiger partial charge in [0.15, 0.2) is 17.5 Å². The summed E-state index contributed by atoms with van der Waals surface area (Å²) in [7, 11) is 0. The van der Waals surface area contributed by atoms with E-state index in [1.165, 1.54) is 18.9 Å². The molecule has 1 aliphatic rings. The Balaban J connectivity index is 1.95. The molecule has 1 aromatic rings. The van der Waals surface area contributed by atoms with Crippen molar-refractivity contribution < 1.29 is 13.2 Å². The highest BCUT2D eigenvalue weighted by Gasteiger charge is 2.30. The largest absolute Gasteiger partial charge is 0.314 e. The topological polar surface area (TPSA) is 12.0 Å². The monoisotopic (exact) mass is 271 g/mol. The van der Waals surface area contributed by atoms with Gasteiger partial charge in [0.2, 0.25) is 0 Å². The molecule has 0 spiro atoms. The SMILES string of the molecule is CCCNC(CCc1ccc(F)c(F)c1F)C1CC1. The molecule has 0 heterocycles. The van der Waals surface area contributed by atoms with Crippen molar-refractivity contribution >= 4 is 0 Å². The fourth-order valence-electron chi connectivity index (χ4n) is 2.40. The highest BCUT2D eigenvalue weighted by atomic mass is 19.2. The molecule has 0 amide bonds. The Morgan fingerprint density at radius 2 is 1.95 bits per heavy atom. The third-order valence-corrected chi connectivity index (χ3v) is 3.69. The first-order valence-corrected chi connectivity index (χ1v) is 6.99. The van der Waals surface area contributed by atoms with Gasteiger partial charge in [0.1, 0.15) is 0 Å². The van der Waals surface area contributed by atoms with Crippen LogP contribution in [0.5, 0.6) is 0 Å². The zero-order valence-electron chi connectivity index (χ0n) is 11.2. The lowest BCUT2D eigenvalue weighted by Crippen LogP contribution is -2.32. The van der Waals surface area contributed by atoms with Gasteiger partial charge < -0.3 is 5.32 Å². The van der Waals surface area contributed by atoms with E-state index in [-0.39, 0.29) is 5.56 Å². The van der Waals surface area contributed by atoms with Crippen molar-refractivity contribution in [3.05, 3.63) is 35.1 Å². The van der Waals surface area contributed by atoms with Crippen LogP contribution in [0.25, 0.3) is 0 Å². The van der Waals surface area contributed by atoms with E-state index in [9.17, 15) is 13.2 Å². The van der Waals surface area contributed by atoms with Crippen molar-refractivity contribution in [2.45, 2.75) is 45.1 Å². The van der Waals surface area contributed by atoms with Crippen LogP contribution in [0.2, 0.25) is 0 Å². The summed E-state index contributed by atoms with van der Waals surface area (Å²) in [5.41, 5.74) is 0.267. The molecule has 1 aliphatic carbocycles. The average Bonchev–Trinajstić information content (AvgIpc) is 3.23. The van der Waals surface area contributed by atoms with Crippen molar-refractivity contribution in [1.29, 1.82) is 0 Å². The van der Waals surface area contributed by atoms with Crippen molar-refractivity contribution in [1.82, 2.24) is 5.32 Å². The Hall–Kier alpha value is -1.03. The molecule has 0 radical (unpaired) electrons. The van der Waals surface area contributed by atoms with Crippen LogP contribution in [0.3, 0.4) is 0 Å². The minimum Gasteiger partial charge on any atom is -0.314 e. The van der Waals surface area contributed by atoms with Crippen molar-refractivity contribution in [3.8, 4) is 0 Å². The number of hydrogen-bond donors (Lipinski definition) is 1. The van der Waals surface area contributed by atoms with Gasteiger partial charge in [-0.1, -0.05) is 13.0 Å². The molecule has 1 fully saturated rings. The van der Waals surface area contributed by atoms with Crippen molar-refractivity contribution in [3.63, 3.8) is 0 Å². The summed E-state index contributed by atoms with van der Waals surface area (Å²) in [5, 5.41) is 3.46. The normalized spacial score (nSPS) is 16.6. The summed E-state index contributed by atoms with van der Waals surface area (Å²) in [5.74, 6) is -2.85. The highest BCUT2D eigenvalue weighted by Crippen LogP contribution is 2.34. The van der Waals surface area contributed by atoms with Gasteiger partial charge in [-0.2, -0.15) is 0 Å². The maximum Gasteiger partial charge on any atom is 0.194 e. The number of aryl methyl sites for hydroxylation is 1. The molecule has 2 rings (SSSR count). The van der Waals surface area contributed by atoms with E-state index in [2.05, 4.69) is 12.2 Å². The molecule has 0 aliphatic heterocycles. The fraction of sp³-hybridized carbons (Fsp3) is 0.600. The lowest BCUT2D eigenvalue weighted by molar-refractivity contribution is 0.419. The molecule has 1 saturated carbocycles. The summed E-state index contributed by atoms with van der Waals surface area (Å²) < 4.78 is 39.5. The van der Waals surface area contributed by atoms with Gasteiger partial charge in [-0.05, 0) is 56.2 Å². The maximum atomic E-state index is 13.5. The zero-order valence-corrected chi connectivity index (χ0v) is 11.2. The fourth-order valence-corrected chi connectivity index (χ4v) is 2.40. The molecule has 0 bridgehead atoms. The van der Waals surface area contributed by atoms with Crippen LogP contribution in [-0.4, -0.2) is 12.6 Å². The first kappa shape index (κ1) is 14.4. The second kappa shape index (κ2) is 6.42. The van der Waals surface area contributed by atoms with E-state index in [4.69, 9.17) is 0 Å². The van der Waals surface area contributed by atoms with E-state index >= 15 is 0 Å². The van der Waals surface area contributed by atoms with E-state index in [0.717, 1.165) is 25.5 Å². The van der Waals surface area contributed by atoms with Gasteiger partial charge in [0.25, 0.3) is 0 Å². The summed E-state index contributed by atoms with van der Waals surface area (Å²) in [4.78, 5) is 0. The third-order valence-electron chi connectivity index (χ3n) is 3.69. The van der Waals surface area contributed by atoms with Gasteiger partial charge in [0, 0.05) is 6.04 Å². The van der Waals surface area contributed by atoms with Crippen LogP contribution in [0.1, 0.15) is 38.2 Å². The standard InChI is InChI=1S/C15H20F3N/c1-2-9-19-13(10-3-4-10)8-6-11-5-7-12(16)15(18)14(11)17/h5,7,10,13,19H,2-4,6,8-9H2,1H3. The number of rotatable bonds is 7. The summed E-state index contributed by atoms with van der Waals surface area (Å²) >= 11 is 0. The minimum atomic E-state index is -1.36. The van der Waals surface area contributed by atoms with E-state index in [0.29, 0.717) is 18.4 Å². The molecule has 4 heteroatoms. The minimum absolute atomic E-state index is 0.267. The third kappa shape index (κ3) is 3.72. The van der Waals surface area contributed by atoms with Crippen LogP contribution < -0.4 is 5.32 Å². The summed E-state index contributed by atoms with van der Waals surface area (Å²) in [6.07, 6.45) is 4.69. The van der Waals surface area contributed by atoms with Gasteiger partial charge >= 0.3 is 0 Å². The predicted octanol–water partition coefficient (Wildman–Crippen LogP) is 3.81. The van der Waals surface area contributed by atoms with Gasteiger partial charge in [-0.3, -0.25) is 0 Å². The summed E-state index contributed by atoms with van der Waals surface area (Å²) in [6.45, 7) is 3.05. The first-order chi connectivity index (χ1) is 9.13. The Morgan fingerprint density at radius 1 is 1.21 bits per heavy atom. The van der Waals surface area contributed by atoms with Crippen molar-refractivity contribution in [2.24, 2.45) is 5.92 Å². The number of benzene rings is 1. The molecule has 0 saturated heterocycles. The zero-order chi connectivity index (χ0) is 13.8. The van der Waals surface area contributed by atoms with Crippen LogP contribution >= 0.6 is 0 Å². The second-order valence-electron chi connectivity index (χ2n) is 5.27. The maximum absolute atomic E-state index is 13.5. The second-order valence-corrected chi connectivity index (χ2v) is 5.27. The molecular weight excluding hydrogens is 251 g/mol. The molecule has 0 aromatic heterocycles. The van der Waals surface area contributed by atoms with E-state index in [1.807, 2.05) is 0 Å². The first-order valence-electron chi connectivity index (χ1n) is 6.99. The van der Waals surface area contributed by atoms with Gasteiger partial charge in [-0.25, -0.2) is 13.2 Å². The van der Waals surface area contributed by atoms with Crippen molar-refractivity contribution in [2.75, 3.05) is 6.54 Å². The number of nitrogens with one attached hydrogen (secondary N) is 1. The molecule has 1 unspecified atom stereocenters. The highest BCUT2D eigenvalue weighted by molar-refractivity contribution is 5.20. The molecule has 1 atom stereocenters. The molecule has 19 heavy (non-hydrogen) atoms. The lowest BCUT2D eigenvalue weighted by atomic mass is 10.0. The number of halogens is 3. The van der Waals surface area contributed by atoms with Crippen LogP contribution in [0, 0.1) is 23.4 Å². The Bertz CT molecular complexity index is 430. The Labute approximate surface area is 112 Å².